The number of ether oxygens (including phenoxy) is 1. The summed E-state index contributed by atoms with van der Waals surface area (Å²) < 4.78 is 4.30. The van der Waals surface area contributed by atoms with Crippen LogP contribution in [0.2, 0.25) is 0 Å². The molecular formula is C7H9NO3. The summed E-state index contributed by atoms with van der Waals surface area (Å²) >= 11 is 0. The summed E-state index contributed by atoms with van der Waals surface area (Å²) in [4.78, 5) is 15.0. The van der Waals surface area contributed by atoms with Crippen molar-refractivity contribution in [1.29, 1.82) is 0 Å². The van der Waals surface area contributed by atoms with Crippen LogP contribution in [0.4, 0.5) is 0 Å². The van der Waals surface area contributed by atoms with E-state index in [9.17, 15) is 4.79 Å². The molecule has 0 aliphatic rings. The summed E-state index contributed by atoms with van der Waals surface area (Å²) in [7, 11) is 1.29. The second-order valence-corrected chi connectivity index (χ2v) is 1.47. The summed E-state index contributed by atoms with van der Waals surface area (Å²) in [6.07, 6.45) is 7.34. The molecule has 0 aliphatic carbocycles. The van der Waals surface area contributed by atoms with E-state index in [1.54, 1.807) is 0 Å². The molecular weight excluding hydrogens is 146 g/mol. The molecule has 0 aromatic rings. The molecule has 11 heavy (non-hydrogen) atoms. The molecule has 0 radical (unpaired) electrons. The van der Waals surface area contributed by atoms with E-state index in [2.05, 4.69) is 21.0 Å². The summed E-state index contributed by atoms with van der Waals surface area (Å²) in [6, 6.07) is 0. The highest BCUT2D eigenvalue weighted by Crippen LogP contribution is 1.74. The van der Waals surface area contributed by atoms with Crippen LogP contribution in [0.1, 0.15) is 0 Å². The van der Waals surface area contributed by atoms with Gasteiger partial charge in [0.1, 0.15) is 6.61 Å². The van der Waals surface area contributed by atoms with E-state index >= 15 is 0 Å². The number of esters is 1. The van der Waals surface area contributed by atoms with Gasteiger partial charge in [0, 0.05) is 12.3 Å². The minimum Gasteiger partial charge on any atom is -0.466 e. The predicted octanol–water partition coefficient (Wildman–Crippen LogP) is -0.173. The molecule has 0 rings (SSSR count). The number of hydrogen-bond donors (Lipinski definition) is 1. The van der Waals surface area contributed by atoms with Crippen molar-refractivity contribution in [2.75, 3.05) is 13.7 Å². The Morgan fingerprint density at radius 2 is 2.55 bits per heavy atom. The molecule has 0 unspecified atom stereocenters. The van der Waals surface area contributed by atoms with Gasteiger partial charge < -0.3 is 4.74 Å². The van der Waals surface area contributed by atoms with Gasteiger partial charge in [-0.3, -0.25) is 10.3 Å². The Morgan fingerprint density at radius 3 is 3.09 bits per heavy atom. The van der Waals surface area contributed by atoms with Gasteiger partial charge in [-0.05, 0) is 0 Å². The monoisotopic (exact) mass is 155 g/mol. The van der Waals surface area contributed by atoms with Gasteiger partial charge >= 0.3 is 5.97 Å². The van der Waals surface area contributed by atoms with E-state index in [0.29, 0.717) is 0 Å². The Labute approximate surface area is 65.1 Å². The van der Waals surface area contributed by atoms with Gasteiger partial charge in [-0.15, -0.1) is 6.42 Å². The van der Waals surface area contributed by atoms with Gasteiger partial charge in [0.2, 0.25) is 0 Å². The van der Waals surface area contributed by atoms with Crippen LogP contribution in [0.5, 0.6) is 0 Å². The molecule has 0 fully saturated rings. The van der Waals surface area contributed by atoms with Gasteiger partial charge in [0.15, 0.2) is 0 Å². The van der Waals surface area contributed by atoms with Crippen molar-refractivity contribution in [3.8, 4) is 12.3 Å². The molecule has 0 atom stereocenters. The van der Waals surface area contributed by atoms with Crippen LogP contribution in [0, 0.1) is 12.3 Å². The number of methoxy groups -OCH3 is 1. The van der Waals surface area contributed by atoms with Crippen molar-refractivity contribution >= 4 is 5.97 Å². The molecule has 0 aliphatic heterocycles. The van der Waals surface area contributed by atoms with E-state index in [-0.39, 0.29) is 6.61 Å². The molecule has 4 nitrogen and oxygen atoms in total. The molecule has 0 saturated heterocycles. The lowest BCUT2D eigenvalue weighted by Crippen LogP contribution is -2.07. The first-order valence-corrected chi connectivity index (χ1v) is 2.86. The van der Waals surface area contributed by atoms with Crippen molar-refractivity contribution in [2.45, 2.75) is 0 Å². The minimum atomic E-state index is -0.457. The smallest absolute Gasteiger partial charge is 0.332 e. The Hall–Kier alpha value is -1.47. The van der Waals surface area contributed by atoms with Gasteiger partial charge in [-0.2, -0.15) is 0 Å². The largest absolute Gasteiger partial charge is 0.466 e. The topological polar surface area (TPSA) is 47.6 Å². The number of nitrogens with one attached hydrogen (secondary N) is 1. The highest BCUT2D eigenvalue weighted by molar-refractivity contribution is 5.81. The average Bonchev–Trinajstić information content (AvgIpc) is 2.04. The number of carbonyl (C=O) groups is 1. The first-order valence-electron chi connectivity index (χ1n) is 2.86. The van der Waals surface area contributed by atoms with Gasteiger partial charge in [-0.25, -0.2) is 4.79 Å². The van der Waals surface area contributed by atoms with Gasteiger partial charge in [0.25, 0.3) is 0 Å². The number of carbonyl (C=O) groups excluding carboxylic acids is 1. The Balaban J connectivity index is 3.31. The summed E-state index contributed by atoms with van der Waals surface area (Å²) in [5, 5.41) is 0. The molecule has 0 amide bonds. The van der Waals surface area contributed by atoms with E-state index < -0.39 is 5.97 Å². The quantitative estimate of drug-likeness (QED) is 0.201. The number of hydroxylamine groups is 1. The van der Waals surface area contributed by atoms with Crippen LogP contribution in [0.25, 0.3) is 0 Å². The molecule has 0 saturated carbocycles. The maximum atomic E-state index is 10.4. The molecule has 4 heteroatoms. The molecule has 0 heterocycles. The van der Waals surface area contributed by atoms with Gasteiger partial charge in [0.05, 0.1) is 7.11 Å². The van der Waals surface area contributed by atoms with E-state index in [1.807, 2.05) is 0 Å². The fourth-order valence-electron chi connectivity index (χ4n) is 0.302. The highest BCUT2D eigenvalue weighted by Gasteiger charge is 1.87. The standard InChI is InChI=1S/C7H9NO3/c1-3-6-11-8-5-4-7(9)10-2/h1,4-5,8H,6H2,2H3/b5-4+. The fourth-order valence-corrected chi connectivity index (χ4v) is 0.302. The summed E-state index contributed by atoms with van der Waals surface area (Å²) in [6.45, 7) is 0.144. The van der Waals surface area contributed by atoms with Crippen LogP contribution >= 0.6 is 0 Å². The zero-order valence-corrected chi connectivity index (χ0v) is 6.16. The molecule has 1 N–H and O–H groups in total. The Kier molecular flexibility index (Phi) is 5.76. The van der Waals surface area contributed by atoms with Crippen LogP contribution < -0.4 is 5.48 Å². The van der Waals surface area contributed by atoms with Crippen LogP contribution in [0.15, 0.2) is 12.3 Å². The maximum Gasteiger partial charge on any atom is 0.332 e. The van der Waals surface area contributed by atoms with Crippen LogP contribution in [-0.2, 0) is 14.4 Å². The number of rotatable bonds is 4. The lowest BCUT2D eigenvalue weighted by molar-refractivity contribution is -0.134. The second-order valence-electron chi connectivity index (χ2n) is 1.47. The van der Waals surface area contributed by atoms with E-state index in [1.165, 1.54) is 19.4 Å². The normalized spacial score (nSPS) is 9.09. The third-order valence-corrected chi connectivity index (χ3v) is 0.727. The molecule has 0 aromatic carbocycles. The molecule has 0 aromatic heterocycles. The van der Waals surface area contributed by atoms with E-state index in [4.69, 9.17) is 6.42 Å². The van der Waals surface area contributed by atoms with Crippen molar-refractivity contribution in [1.82, 2.24) is 5.48 Å². The van der Waals surface area contributed by atoms with Crippen molar-refractivity contribution in [3.63, 3.8) is 0 Å². The third-order valence-electron chi connectivity index (χ3n) is 0.727. The van der Waals surface area contributed by atoms with Crippen molar-refractivity contribution in [3.05, 3.63) is 12.3 Å². The van der Waals surface area contributed by atoms with Crippen LogP contribution in [-0.4, -0.2) is 19.7 Å². The SMILES string of the molecule is C#CCON/C=C/C(=O)OC. The minimum absolute atomic E-state index is 0.144. The van der Waals surface area contributed by atoms with Crippen molar-refractivity contribution in [2.24, 2.45) is 0 Å². The molecule has 60 valence electrons. The lowest BCUT2D eigenvalue weighted by atomic mass is 10.6. The highest BCUT2D eigenvalue weighted by atomic mass is 16.6. The first-order chi connectivity index (χ1) is 5.31. The lowest BCUT2D eigenvalue weighted by Gasteiger charge is -1.95. The Morgan fingerprint density at radius 1 is 1.82 bits per heavy atom. The first kappa shape index (κ1) is 9.53. The zero-order chi connectivity index (χ0) is 8.53. The van der Waals surface area contributed by atoms with E-state index in [0.717, 1.165) is 0 Å². The molecule has 0 bridgehead atoms. The Bertz CT molecular complexity index is 181. The molecule has 0 spiro atoms. The van der Waals surface area contributed by atoms with Gasteiger partial charge in [-0.1, -0.05) is 5.92 Å². The predicted molar refractivity (Wildman–Crippen MR) is 39.1 cm³/mol. The summed E-state index contributed by atoms with van der Waals surface area (Å²) in [5.74, 6) is 1.78. The van der Waals surface area contributed by atoms with Crippen molar-refractivity contribution < 1.29 is 14.4 Å². The summed E-state index contributed by atoms with van der Waals surface area (Å²) in [5.41, 5.74) is 2.33. The fraction of sp³-hybridized carbons (Fsp3) is 0.286. The average molecular weight is 155 g/mol. The number of hydrogen-bond acceptors (Lipinski definition) is 4. The zero-order valence-electron chi connectivity index (χ0n) is 6.16. The number of terminal acetylenes is 1. The third kappa shape index (κ3) is 6.41. The second kappa shape index (κ2) is 6.65. The van der Waals surface area contributed by atoms with Crippen LogP contribution in [0.3, 0.4) is 0 Å². The maximum absolute atomic E-state index is 10.4.